The number of hydrogen-bond donors (Lipinski definition) is 1. The Kier molecular flexibility index (Phi) is 2.50. The minimum Gasteiger partial charge on any atom is -0.399 e. The Labute approximate surface area is 110 Å². The second-order valence-electron chi connectivity index (χ2n) is 4.68. The quantitative estimate of drug-likeness (QED) is 0.678. The zero-order valence-corrected chi connectivity index (χ0v) is 10.0. The van der Waals surface area contributed by atoms with Gasteiger partial charge in [0.25, 0.3) is 0 Å². The van der Waals surface area contributed by atoms with Gasteiger partial charge >= 0.3 is 6.18 Å². The van der Waals surface area contributed by atoms with Crippen LogP contribution in [-0.2, 0) is 5.54 Å². The van der Waals surface area contributed by atoms with E-state index in [0.717, 1.165) is 6.07 Å². The third-order valence-electron chi connectivity index (χ3n) is 3.36. The number of tetrazole rings is 1. The van der Waals surface area contributed by atoms with E-state index >= 15 is 0 Å². The fourth-order valence-corrected chi connectivity index (χ4v) is 2.09. The van der Waals surface area contributed by atoms with Crippen LogP contribution in [0.5, 0.6) is 0 Å². The number of aromatic nitrogens is 4. The molecule has 0 amide bonds. The molecule has 0 radical (unpaired) electrons. The maximum atomic E-state index is 13.8. The number of nitrogens with zero attached hydrogens (tertiary/aromatic N) is 4. The molecule has 1 aromatic carbocycles. The standard InChI is InChI=1S/C11H9F4N5/c12-8-2-1-6(16)5-7(8)9-17-18-19-20(9)10(3-4-10)11(13,14)15/h1-2,5H,3-4,16H2. The topological polar surface area (TPSA) is 69.6 Å². The molecule has 0 atom stereocenters. The highest BCUT2D eigenvalue weighted by Crippen LogP contribution is 2.55. The molecular formula is C11H9F4N5. The molecule has 1 aliphatic rings. The minimum absolute atomic E-state index is 0.127. The van der Waals surface area contributed by atoms with Gasteiger partial charge in [0.05, 0.1) is 5.56 Å². The van der Waals surface area contributed by atoms with Crippen molar-refractivity contribution in [1.29, 1.82) is 0 Å². The third kappa shape index (κ3) is 1.73. The van der Waals surface area contributed by atoms with E-state index in [-0.39, 0.29) is 29.9 Å². The zero-order valence-electron chi connectivity index (χ0n) is 10.0. The van der Waals surface area contributed by atoms with Gasteiger partial charge in [-0.15, -0.1) is 5.10 Å². The molecule has 1 heterocycles. The van der Waals surface area contributed by atoms with Gasteiger partial charge in [-0.3, -0.25) is 0 Å². The number of nitrogens with two attached hydrogens (primary N) is 1. The number of nitrogen functional groups attached to an aromatic ring is 1. The van der Waals surface area contributed by atoms with Crippen molar-refractivity contribution in [1.82, 2.24) is 20.2 Å². The Balaban J connectivity index is 2.15. The molecule has 1 fully saturated rings. The van der Waals surface area contributed by atoms with Crippen molar-refractivity contribution in [3.05, 3.63) is 24.0 Å². The van der Waals surface area contributed by atoms with Crippen molar-refractivity contribution in [3.8, 4) is 11.4 Å². The lowest BCUT2D eigenvalue weighted by Crippen LogP contribution is -2.36. The normalized spacial score (nSPS) is 17.2. The van der Waals surface area contributed by atoms with Gasteiger partial charge in [-0.1, -0.05) is 0 Å². The van der Waals surface area contributed by atoms with Crippen LogP contribution in [0.2, 0.25) is 0 Å². The van der Waals surface area contributed by atoms with Gasteiger partial charge in [-0.2, -0.15) is 13.2 Å². The predicted molar refractivity (Wildman–Crippen MR) is 60.9 cm³/mol. The van der Waals surface area contributed by atoms with Gasteiger partial charge < -0.3 is 5.73 Å². The Hall–Kier alpha value is -2.19. The summed E-state index contributed by atoms with van der Waals surface area (Å²) in [7, 11) is 0. The van der Waals surface area contributed by atoms with Crippen molar-refractivity contribution >= 4 is 5.69 Å². The van der Waals surface area contributed by atoms with E-state index in [9.17, 15) is 17.6 Å². The molecule has 3 rings (SSSR count). The smallest absolute Gasteiger partial charge is 0.399 e. The average Bonchev–Trinajstić information content (AvgIpc) is 3.05. The van der Waals surface area contributed by atoms with E-state index in [4.69, 9.17) is 5.73 Å². The summed E-state index contributed by atoms with van der Waals surface area (Å²) >= 11 is 0. The van der Waals surface area contributed by atoms with Crippen LogP contribution >= 0.6 is 0 Å². The van der Waals surface area contributed by atoms with Crippen molar-refractivity contribution in [2.75, 3.05) is 5.73 Å². The molecule has 0 saturated heterocycles. The van der Waals surface area contributed by atoms with E-state index in [0.29, 0.717) is 4.68 Å². The molecule has 20 heavy (non-hydrogen) atoms. The fraction of sp³-hybridized carbons (Fsp3) is 0.364. The summed E-state index contributed by atoms with van der Waals surface area (Å²) in [6, 6.07) is 3.59. The molecular weight excluding hydrogens is 278 g/mol. The maximum absolute atomic E-state index is 13.8. The average molecular weight is 287 g/mol. The molecule has 5 nitrogen and oxygen atoms in total. The van der Waals surface area contributed by atoms with Gasteiger partial charge in [0.1, 0.15) is 5.82 Å². The lowest BCUT2D eigenvalue weighted by Gasteiger charge is -2.20. The van der Waals surface area contributed by atoms with Crippen LogP contribution in [0.25, 0.3) is 11.4 Å². The monoisotopic (exact) mass is 287 g/mol. The maximum Gasteiger partial charge on any atom is 0.413 e. The number of benzene rings is 1. The highest BCUT2D eigenvalue weighted by Gasteiger charge is 2.67. The molecule has 1 aliphatic carbocycles. The van der Waals surface area contributed by atoms with Gasteiger partial charge in [-0.25, -0.2) is 9.07 Å². The van der Waals surface area contributed by atoms with E-state index in [2.05, 4.69) is 15.5 Å². The predicted octanol–water partition coefficient (Wildman–Crippen LogP) is 2.11. The summed E-state index contributed by atoms with van der Waals surface area (Å²) in [5.41, 5.74) is 3.46. The van der Waals surface area contributed by atoms with Crippen LogP contribution in [0.4, 0.5) is 23.2 Å². The van der Waals surface area contributed by atoms with Crippen molar-refractivity contribution < 1.29 is 17.6 Å². The Morgan fingerprint density at radius 3 is 2.55 bits per heavy atom. The summed E-state index contributed by atoms with van der Waals surface area (Å²) in [5, 5.41) is 10.2. The second kappa shape index (κ2) is 3.90. The summed E-state index contributed by atoms with van der Waals surface area (Å²) in [6.45, 7) is 0. The van der Waals surface area contributed by atoms with E-state index in [1.807, 2.05) is 0 Å². The Bertz CT molecular complexity index is 659. The first-order valence-electron chi connectivity index (χ1n) is 5.76. The first-order chi connectivity index (χ1) is 9.35. The van der Waals surface area contributed by atoms with Crippen LogP contribution in [-0.4, -0.2) is 26.4 Å². The third-order valence-corrected chi connectivity index (χ3v) is 3.36. The molecule has 1 saturated carbocycles. The molecule has 0 spiro atoms. The minimum atomic E-state index is -4.49. The lowest BCUT2D eigenvalue weighted by molar-refractivity contribution is -0.182. The van der Waals surface area contributed by atoms with Crippen LogP contribution in [0.1, 0.15) is 12.8 Å². The van der Waals surface area contributed by atoms with Crippen LogP contribution in [0.3, 0.4) is 0 Å². The summed E-state index contributed by atoms with van der Waals surface area (Å²) in [4.78, 5) is 0. The highest BCUT2D eigenvalue weighted by molar-refractivity contribution is 5.62. The Morgan fingerprint density at radius 1 is 1.25 bits per heavy atom. The van der Waals surface area contributed by atoms with Crippen LogP contribution in [0, 0.1) is 5.82 Å². The number of hydrogen-bond acceptors (Lipinski definition) is 4. The van der Waals surface area contributed by atoms with E-state index in [1.165, 1.54) is 12.1 Å². The zero-order chi connectivity index (χ0) is 14.5. The summed E-state index contributed by atoms with van der Waals surface area (Å²) in [5.74, 6) is -1.00. The first kappa shape index (κ1) is 12.8. The molecule has 0 aliphatic heterocycles. The van der Waals surface area contributed by atoms with E-state index < -0.39 is 17.5 Å². The lowest BCUT2D eigenvalue weighted by atomic mass is 10.1. The van der Waals surface area contributed by atoms with Gasteiger partial charge in [0.15, 0.2) is 11.4 Å². The van der Waals surface area contributed by atoms with Crippen LogP contribution < -0.4 is 5.73 Å². The second-order valence-corrected chi connectivity index (χ2v) is 4.68. The molecule has 2 N–H and O–H groups in total. The number of halogens is 4. The van der Waals surface area contributed by atoms with Crippen molar-refractivity contribution in [3.63, 3.8) is 0 Å². The number of alkyl halides is 3. The molecule has 0 unspecified atom stereocenters. The molecule has 0 bridgehead atoms. The van der Waals surface area contributed by atoms with E-state index in [1.54, 1.807) is 0 Å². The first-order valence-corrected chi connectivity index (χ1v) is 5.76. The van der Waals surface area contributed by atoms with Gasteiger partial charge in [0, 0.05) is 5.69 Å². The van der Waals surface area contributed by atoms with Crippen molar-refractivity contribution in [2.24, 2.45) is 0 Å². The molecule has 1 aromatic heterocycles. The molecule has 2 aromatic rings. The number of rotatable bonds is 2. The van der Waals surface area contributed by atoms with Gasteiger partial charge in [-0.05, 0) is 41.5 Å². The largest absolute Gasteiger partial charge is 0.413 e. The summed E-state index contributed by atoms with van der Waals surface area (Å²) < 4.78 is 53.7. The summed E-state index contributed by atoms with van der Waals surface area (Å²) in [6.07, 6.45) is -4.75. The highest BCUT2D eigenvalue weighted by atomic mass is 19.4. The molecule has 106 valence electrons. The van der Waals surface area contributed by atoms with Crippen LogP contribution in [0.15, 0.2) is 18.2 Å². The molecule has 9 heteroatoms. The van der Waals surface area contributed by atoms with Crippen molar-refractivity contribution in [2.45, 2.75) is 24.6 Å². The fourth-order valence-electron chi connectivity index (χ4n) is 2.09. The Morgan fingerprint density at radius 2 is 1.95 bits per heavy atom. The number of anilines is 1. The SMILES string of the molecule is Nc1ccc(F)c(-c2nnnn2C2(C(F)(F)F)CC2)c1. The van der Waals surface area contributed by atoms with Gasteiger partial charge in [0.2, 0.25) is 0 Å².